The predicted molar refractivity (Wildman–Crippen MR) is 113 cm³/mol. The van der Waals surface area contributed by atoms with Crippen LogP contribution in [0.5, 0.6) is 11.5 Å². The van der Waals surface area contributed by atoms with Crippen molar-refractivity contribution >= 4 is 11.6 Å². The van der Waals surface area contributed by atoms with Crippen LogP contribution in [0.4, 0.5) is 5.69 Å². The van der Waals surface area contributed by atoms with Crippen molar-refractivity contribution in [1.29, 1.82) is 0 Å². The van der Waals surface area contributed by atoms with Gasteiger partial charge in [0, 0.05) is 37.1 Å². The molecule has 144 valence electrons. The third-order valence-corrected chi connectivity index (χ3v) is 4.22. The summed E-state index contributed by atoms with van der Waals surface area (Å²) in [6.07, 6.45) is 1.80. The molecular formula is C22H24N4O2. The second kappa shape index (κ2) is 9.41. The number of rotatable bonds is 6. The average molecular weight is 376 g/mol. The Balaban J connectivity index is 1.66. The van der Waals surface area contributed by atoms with Gasteiger partial charge in [0.25, 0.3) is 0 Å². The predicted octanol–water partition coefficient (Wildman–Crippen LogP) is 3.95. The number of aliphatic imine (C=N–C) groups is 1. The average Bonchev–Trinajstić information content (AvgIpc) is 2.77. The zero-order valence-electron chi connectivity index (χ0n) is 16.3. The molecule has 3 aromatic rings. The Hall–Kier alpha value is -3.54. The highest BCUT2D eigenvalue weighted by Gasteiger charge is 2.07. The molecule has 0 aliphatic carbocycles. The third-order valence-electron chi connectivity index (χ3n) is 4.22. The van der Waals surface area contributed by atoms with Gasteiger partial charge in [-0.3, -0.25) is 9.98 Å². The Bertz CT molecular complexity index is 942. The quantitative estimate of drug-likeness (QED) is 0.504. The van der Waals surface area contributed by atoms with Crippen LogP contribution in [0.2, 0.25) is 0 Å². The van der Waals surface area contributed by atoms with Crippen molar-refractivity contribution in [1.82, 2.24) is 10.3 Å². The maximum Gasteiger partial charge on any atom is 0.195 e. The molecule has 1 aromatic heterocycles. The maximum absolute atomic E-state index is 5.35. The maximum atomic E-state index is 5.35. The van der Waals surface area contributed by atoms with Crippen molar-refractivity contribution in [3.63, 3.8) is 0 Å². The number of ether oxygens (including phenoxy) is 2. The Morgan fingerprint density at radius 3 is 2.54 bits per heavy atom. The number of anilines is 1. The molecule has 0 saturated heterocycles. The molecule has 2 aromatic carbocycles. The van der Waals surface area contributed by atoms with Crippen molar-refractivity contribution < 1.29 is 9.47 Å². The summed E-state index contributed by atoms with van der Waals surface area (Å²) in [6.45, 7) is 0.633. The van der Waals surface area contributed by atoms with Crippen molar-refractivity contribution in [2.24, 2.45) is 4.99 Å². The summed E-state index contributed by atoms with van der Waals surface area (Å²) >= 11 is 0. The lowest BCUT2D eigenvalue weighted by Gasteiger charge is -2.14. The van der Waals surface area contributed by atoms with Crippen LogP contribution in [0.25, 0.3) is 11.3 Å². The van der Waals surface area contributed by atoms with Crippen molar-refractivity contribution in [3.05, 3.63) is 72.4 Å². The van der Waals surface area contributed by atoms with Gasteiger partial charge < -0.3 is 20.1 Å². The van der Waals surface area contributed by atoms with Crippen LogP contribution in [-0.4, -0.2) is 32.2 Å². The summed E-state index contributed by atoms with van der Waals surface area (Å²) < 4.78 is 10.6. The topological polar surface area (TPSA) is 67.8 Å². The summed E-state index contributed by atoms with van der Waals surface area (Å²) in [7, 11) is 4.97. The number of hydrogen-bond acceptors (Lipinski definition) is 4. The molecule has 6 nitrogen and oxygen atoms in total. The molecule has 0 aliphatic heterocycles. The standard InChI is InChI=1S/C22H24N4O2/c1-23-22(26-18-10-11-20(27-2)21(14-18)28-3)25-15-16-7-6-8-17(13-16)19-9-4-5-12-24-19/h4-14H,15H2,1-3H3,(H2,23,25,26). The van der Waals surface area contributed by atoms with Gasteiger partial charge in [0.2, 0.25) is 0 Å². The molecular weight excluding hydrogens is 352 g/mol. The van der Waals surface area contributed by atoms with E-state index in [-0.39, 0.29) is 0 Å². The molecule has 0 fully saturated rings. The van der Waals surface area contributed by atoms with Crippen LogP contribution in [-0.2, 0) is 6.54 Å². The summed E-state index contributed by atoms with van der Waals surface area (Å²) in [4.78, 5) is 8.70. The van der Waals surface area contributed by atoms with E-state index in [1.807, 2.05) is 42.5 Å². The highest BCUT2D eigenvalue weighted by Crippen LogP contribution is 2.29. The van der Waals surface area contributed by atoms with Crippen molar-refractivity contribution in [2.75, 3.05) is 26.6 Å². The normalized spacial score (nSPS) is 11.0. The van der Waals surface area contributed by atoms with E-state index >= 15 is 0 Å². The second-order valence-corrected chi connectivity index (χ2v) is 6.04. The smallest absolute Gasteiger partial charge is 0.195 e. The van der Waals surface area contributed by atoms with Gasteiger partial charge in [0.1, 0.15) is 0 Å². The fraction of sp³-hybridized carbons (Fsp3) is 0.182. The molecule has 1 heterocycles. The summed E-state index contributed by atoms with van der Waals surface area (Å²) in [5, 5.41) is 6.59. The van der Waals surface area contributed by atoms with Gasteiger partial charge in [-0.2, -0.15) is 0 Å². The Morgan fingerprint density at radius 2 is 1.82 bits per heavy atom. The third kappa shape index (κ3) is 4.79. The fourth-order valence-corrected chi connectivity index (χ4v) is 2.79. The summed E-state index contributed by atoms with van der Waals surface area (Å²) in [6, 6.07) is 19.8. The number of benzene rings is 2. The first-order chi connectivity index (χ1) is 13.7. The van der Waals surface area contributed by atoms with Gasteiger partial charge in [-0.15, -0.1) is 0 Å². The van der Waals surface area contributed by atoms with E-state index in [2.05, 4.69) is 38.8 Å². The zero-order valence-corrected chi connectivity index (χ0v) is 16.3. The van der Waals surface area contributed by atoms with E-state index in [4.69, 9.17) is 9.47 Å². The largest absolute Gasteiger partial charge is 0.493 e. The van der Waals surface area contributed by atoms with Gasteiger partial charge in [-0.05, 0) is 35.9 Å². The lowest BCUT2D eigenvalue weighted by molar-refractivity contribution is 0.355. The van der Waals surface area contributed by atoms with Crippen LogP contribution in [0.1, 0.15) is 5.56 Å². The van der Waals surface area contributed by atoms with Gasteiger partial charge >= 0.3 is 0 Å². The van der Waals surface area contributed by atoms with Crippen molar-refractivity contribution in [3.8, 4) is 22.8 Å². The molecule has 28 heavy (non-hydrogen) atoms. The van der Waals surface area contributed by atoms with Crippen LogP contribution in [0.3, 0.4) is 0 Å². The number of nitrogens with zero attached hydrogens (tertiary/aromatic N) is 2. The molecule has 3 rings (SSSR count). The van der Waals surface area contributed by atoms with E-state index in [9.17, 15) is 0 Å². The van der Waals surface area contributed by atoms with Crippen LogP contribution < -0.4 is 20.1 Å². The molecule has 6 heteroatoms. The minimum atomic E-state index is 0.633. The Kier molecular flexibility index (Phi) is 6.46. The summed E-state index contributed by atoms with van der Waals surface area (Å²) in [5.74, 6) is 2.00. The molecule has 0 bridgehead atoms. The molecule has 0 aliphatic rings. The van der Waals surface area contributed by atoms with Gasteiger partial charge in [-0.25, -0.2) is 0 Å². The van der Waals surface area contributed by atoms with Crippen LogP contribution in [0, 0.1) is 0 Å². The van der Waals surface area contributed by atoms with E-state index in [1.165, 1.54) is 0 Å². The molecule has 0 atom stereocenters. The minimum absolute atomic E-state index is 0.633. The van der Waals surface area contributed by atoms with Crippen LogP contribution >= 0.6 is 0 Å². The van der Waals surface area contributed by atoms with Gasteiger partial charge in [0.15, 0.2) is 17.5 Å². The number of guanidine groups is 1. The molecule has 0 spiro atoms. The molecule has 0 amide bonds. The first-order valence-corrected chi connectivity index (χ1v) is 8.93. The lowest BCUT2D eigenvalue weighted by atomic mass is 10.1. The number of methoxy groups -OCH3 is 2. The van der Waals surface area contributed by atoms with Crippen molar-refractivity contribution in [2.45, 2.75) is 6.54 Å². The minimum Gasteiger partial charge on any atom is -0.493 e. The van der Waals surface area contributed by atoms with Gasteiger partial charge in [0.05, 0.1) is 19.9 Å². The Morgan fingerprint density at radius 1 is 0.964 bits per heavy atom. The molecule has 0 radical (unpaired) electrons. The van der Waals surface area contributed by atoms with E-state index in [1.54, 1.807) is 27.5 Å². The second-order valence-electron chi connectivity index (χ2n) is 6.04. The highest BCUT2D eigenvalue weighted by atomic mass is 16.5. The van der Waals surface area contributed by atoms with Crippen LogP contribution in [0.15, 0.2) is 71.9 Å². The van der Waals surface area contributed by atoms with Gasteiger partial charge in [-0.1, -0.05) is 24.3 Å². The Labute approximate surface area is 165 Å². The monoisotopic (exact) mass is 376 g/mol. The van der Waals surface area contributed by atoms with E-state index < -0.39 is 0 Å². The number of aromatic nitrogens is 1. The van der Waals surface area contributed by atoms with E-state index in [0.717, 1.165) is 22.5 Å². The summed E-state index contributed by atoms with van der Waals surface area (Å²) in [5.41, 5.74) is 4.03. The molecule has 0 saturated carbocycles. The van der Waals surface area contributed by atoms with E-state index in [0.29, 0.717) is 24.0 Å². The SMILES string of the molecule is CN=C(NCc1cccc(-c2ccccn2)c1)Nc1ccc(OC)c(OC)c1. The number of pyridine rings is 1. The first-order valence-electron chi connectivity index (χ1n) is 8.93. The highest BCUT2D eigenvalue weighted by molar-refractivity contribution is 5.93. The first kappa shape index (κ1) is 19.2. The fourth-order valence-electron chi connectivity index (χ4n) is 2.79. The lowest BCUT2D eigenvalue weighted by Crippen LogP contribution is -2.30. The zero-order chi connectivity index (χ0) is 19.8. The molecule has 0 unspecified atom stereocenters. The number of hydrogen-bond donors (Lipinski definition) is 2. The number of nitrogens with one attached hydrogen (secondary N) is 2. The molecule has 2 N–H and O–H groups in total.